The Kier molecular flexibility index (Phi) is 5.92. The Labute approximate surface area is 112 Å². The minimum absolute atomic E-state index is 0.371. The molecule has 1 unspecified atom stereocenters. The molecule has 0 amide bonds. The monoisotopic (exact) mass is 265 g/mol. The van der Waals surface area contributed by atoms with Crippen LogP contribution in [0.15, 0.2) is 30.3 Å². The van der Waals surface area contributed by atoms with Gasteiger partial charge in [-0.15, -0.1) is 0 Å². The minimum atomic E-state index is -0.371. The van der Waals surface area contributed by atoms with Gasteiger partial charge in [0.15, 0.2) is 0 Å². The highest BCUT2D eigenvalue weighted by Crippen LogP contribution is 2.33. The maximum Gasteiger partial charge on any atom is 0.0765 e. The van der Waals surface area contributed by atoms with Gasteiger partial charge in [0.2, 0.25) is 0 Å². The molecule has 4 heteroatoms. The average Bonchev–Trinajstić information content (AvgIpc) is 2.41. The van der Waals surface area contributed by atoms with E-state index in [0.717, 1.165) is 6.29 Å². The summed E-state index contributed by atoms with van der Waals surface area (Å²) in [5.41, 5.74) is 1.21. The largest absolute Gasteiger partial charge is 0.351 e. The molecule has 0 saturated heterocycles. The number of rotatable bonds is 6. The van der Waals surface area contributed by atoms with Gasteiger partial charge >= 0.3 is 0 Å². The quantitative estimate of drug-likeness (QED) is 0.689. The summed E-state index contributed by atoms with van der Waals surface area (Å²) in [6, 6.07) is 11.2. The van der Waals surface area contributed by atoms with Gasteiger partial charge in [0.1, 0.15) is 0 Å². The second-order valence-electron chi connectivity index (χ2n) is 4.88. The molecule has 1 aliphatic carbocycles. The fraction of sp³-hybridized carbons (Fsp3) is 0.571. The zero-order chi connectivity index (χ0) is 12.6. The van der Waals surface area contributed by atoms with E-state index < -0.39 is 0 Å². The van der Waals surface area contributed by atoms with Crippen molar-refractivity contribution < 1.29 is 0 Å². The third-order valence-electron chi connectivity index (χ3n) is 3.30. The van der Waals surface area contributed by atoms with Crippen molar-refractivity contribution in [3.05, 3.63) is 30.3 Å². The van der Waals surface area contributed by atoms with Crippen LogP contribution in [0.1, 0.15) is 32.1 Å². The van der Waals surface area contributed by atoms with Gasteiger partial charge in [-0.3, -0.25) is 5.09 Å². The molecule has 3 nitrogen and oxygen atoms in total. The molecule has 0 aromatic heterocycles. The Hall–Kier alpha value is -0.630. The Morgan fingerprint density at radius 2 is 1.83 bits per heavy atom. The van der Waals surface area contributed by atoms with E-state index in [1.54, 1.807) is 0 Å². The number of hydrogen-bond donors (Lipinski definition) is 3. The lowest BCUT2D eigenvalue weighted by molar-refractivity contribution is 0.420. The van der Waals surface area contributed by atoms with Crippen LogP contribution in [0.25, 0.3) is 0 Å². The van der Waals surface area contributed by atoms with Crippen molar-refractivity contribution in [1.82, 2.24) is 10.4 Å². The maximum atomic E-state index is 3.80. The predicted octanol–water partition coefficient (Wildman–Crippen LogP) is 3.51. The van der Waals surface area contributed by atoms with Crippen molar-refractivity contribution in [3.8, 4) is 0 Å². The maximum absolute atomic E-state index is 3.80. The molecule has 1 saturated carbocycles. The van der Waals surface area contributed by atoms with E-state index in [2.05, 4.69) is 45.8 Å². The first-order chi connectivity index (χ1) is 8.88. The van der Waals surface area contributed by atoms with E-state index in [9.17, 15) is 0 Å². The van der Waals surface area contributed by atoms with Crippen molar-refractivity contribution in [2.75, 3.05) is 18.4 Å². The van der Waals surface area contributed by atoms with E-state index in [1.807, 2.05) is 7.05 Å². The number of nitrogens with one attached hydrogen (secondary N) is 3. The molecule has 1 atom stereocenters. The zero-order valence-corrected chi connectivity index (χ0v) is 12.0. The Balaban J connectivity index is 1.86. The molecule has 3 N–H and O–H groups in total. The third kappa shape index (κ3) is 4.56. The number of anilines is 1. The van der Waals surface area contributed by atoms with Crippen LogP contribution in [0.4, 0.5) is 5.69 Å². The normalized spacial score (nSPS) is 18.5. The van der Waals surface area contributed by atoms with Crippen molar-refractivity contribution >= 4 is 13.9 Å². The fourth-order valence-electron chi connectivity index (χ4n) is 2.40. The summed E-state index contributed by atoms with van der Waals surface area (Å²) in [5, 5.41) is 10.7. The summed E-state index contributed by atoms with van der Waals surface area (Å²) in [6.07, 6.45) is 7.84. The SMILES string of the molecule is CNCP(Nc1ccccc1)NC1CCCCC1. The van der Waals surface area contributed by atoms with Crippen LogP contribution in [0.2, 0.25) is 0 Å². The molecule has 0 spiro atoms. The van der Waals surface area contributed by atoms with Crippen molar-refractivity contribution in [2.24, 2.45) is 0 Å². The topological polar surface area (TPSA) is 36.1 Å². The van der Waals surface area contributed by atoms with Gasteiger partial charge in [-0.2, -0.15) is 0 Å². The molecule has 2 rings (SSSR count). The van der Waals surface area contributed by atoms with Crippen LogP contribution in [0.3, 0.4) is 0 Å². The van der Waals surface area contributed by atoms with Crippen molar-refractivity contribution in [1.29, 1.82) is 0 Å². The molecule has 0 radical (unpaired) electrons. The summed E-state index contributed by atoms with van der Waals surface area (Å²) in [4.78, 5) is 0. The zero-order valence-electron chi connectivity index (χ0n) is 11.2. The van der Waals surface area contributed by atoms with Crippen molar-refractivity contribution in [2.45, 2.75) is 38.1 Å². The minimum Gasteiger partial charge on any atom is -0.351 e. The highest BCUT2D eigenvalue weighted by molar-refractivity contribution is 7.57. The van der Waals surface area contributed by atoms with Gasteiger partial charge in [-0.25, -0.2) is 0 Å². The van der Waals surface area contributed by atoms with Gasteiger partial charge in [-0.05, 0) is 32.0 Å². The molecule has 1 aromatic rings. The van der Waals surface area contributed by atoms with Crippen LogP contribution in [-0.4, -0.2) is 19.4 Å². The van der Waals surface area contributed by atoms with Crippen LogP contribution >= 0.6 is 8.22 Å². The molecule has 1 aliphatic rings. The lowest BCUT2D eigenvalue weighted by Crippen LogP contribution is -2.31. The van der Waals surface area contributed by atoms with E-state index >= 15 is 0 Å². The molecule has 18 heavy (non-hydrogen) atoms. The lowest BCUT2D eigenvalue weighted by atomic mass is 9.96. The highest BCUT2D eigenvalue weighted by atomic mass is 31.1. The van der Waals surface area contributed by atoms with Crippen LogP contribution in [0.5, 0.6) is 0 Å². The summed E-state index contributed by atoms with van der Waals surface area (Å²) < 4.78 is 0. The predicted molar refractivity (Wildman–Crippen MR) is 80.9 cm³/mol. The fourth-order valence-corrected chi connectivity index (χ4v) is 4.11. The van der Waals surface area contributed by atoms with Gasteiger partial charge in [-0.1, -0.05) is 37.5 Å². The van der Waals surface area contributed by atoms with Crippen molar-refractivity contribution in [3.63, 3.8) is 0 Å². The Bertz CT molecular complexity index is 325. The Morgan fingerprint density at radius 1 is 1.11 bits per heavy atom. The molecule has 1 aromatic carbocycles. The van der Waals surface area contributed by atoms with E-state index in [1.165, 1.54) is 37.8 Å². The third-order valence-corrected chi connectivity index (χ3v) is 5.14. The van der Waals surface area contributed by atoms with E-state index in [-0.39, 0.29) is 8.22 Å². The number of benzene rings is 1. The van der Waals surface area contributed by atoms with Crippen LogP contribution in [0, 0.1) is 0 Å². The first kappa shape index (κ1) is 13.8. The molecule has 0 bridgehead atoms. The average molecular weight is 265 g/mol. The van der Waals surface area contributed by atoms with Crippen LogP contribution < -0.4 is 15.5 Å². The molecule has 0 heterocycles. The van der Waals surface area contributed by atoms with Gasteiger partial charge < -0.3 is 10.4 Å². The molecule has 0 aliphatic heterocycles. The molecule has 1 fully saturated rings. The first-order valence-electron chi connectivity index (χ1n) is 6.88. The number of para-hydroxylation sites is 1. The lowest BCUT2D eigenvalue weighted by Gasteiger charge is -2.29. The van der Waals surface area contributed by atoms with E-state index in [4.69, 9.17) is 0 Å². The van der Waals surface area contributed by atoms with E-state index in [0.29, 0.717) is 6.04 Å². The summed E-state index contributed by atoms with van der Waals surface area (Å²) in [7, 11) is 1.65. The van der Waals surface area contributed by atoms with Gasteiger partial charge in [0.25, 0.3) is 0 Å². The summed E-state index contributed by atoms with van der Waals surface area (Å²) >= 11 is 0. The summed E-state index contributed by atoms with van der Waals surface area (Å²) in [6.45, 7) is 0. The second-order valence-corrected chi connectivity index (χ2v) is 6.54. The van der Waals surface area contributed by atoms with Gasteiger partial charge in [0, 0.05) is 18.0 Å². The highest BCUT2D eigenvalue weighted by Gasteiger charge is 2.17. The smallest absolute Gasteiger partial charge is 0.0765 e. The molecular weight excluding hydrogens is 241 g/mol. The number of hydrogen-bond acceptors (Lipinski definition) is 3. The van der Waals surface area contributed by atoms with Crippen LogP contribution in [-0.2, 0) is 0 Å². The second kappa shape index (κ2) is 7.73. The van der Waals surface area contributed by atoms with Gasteiger partial charge in [0.05, 0.1) is 8.22 Å². The first-order valence-corrected chi connectivity index (χ1v) is 8.41. The standard InChI is InChI=1S/C14H24N3P/c1-15-12-18(16-13-8-4-2-5-9-13)17-14-10-6-3-7-11-14/h2,4-5,8-9,14-17H,3,6-7,10-12H2,1H3. The Morgan fingerprint density at radius 3 is 2.50 bits per heavy atom. The molecular formula is C14H24N3P. The molecule has 100 valence electrons. The summed E-state index contributed by atoms with van der Waals surface area (Å²) in [5.74, 6) is 0.